The van der Waals surface area contributed by atoms with Crippen LogP contribution in [-0.4, -0.2) is 15.3 Å². The summed E-state index contributed by atoms with van der Waals surface area (Å²) >= 11 is 0. The van der Waals surface area contributed by atoms with Gasteiger partial charge in [-0.25, -0.2) is 0 Å². The van der Waals surface area contributed by atoms with E-state index in [4.69, 9.17) is 0 Å². The van der Waals surface area contributed by atoms with Crippen LogP contribution in [0, 0.1) is 0 Å². The molecule has 1 heterocycles. The predicted molar refractivity (Wildman–Crippen MR) is 79.3 cm³/mol. The van der Waals surface area contributed by atoms with Gasteiger partial charge in [-0.05, 0) is 54.8 Å². The van der Waals surface area contributed by atoms with Crippen LogP contribution in [0.1, 0.15) is 37.2 Å². The molecule has 0 bridgehead atoms. The fraction of sp³-hybridized carbons (Fsp3) is 0.412. The van der Waals surface area contributed by atoms with Gasteiger partial charge in [0.2, 0.25) is 0 Å². The first-order chi connectivity index (χ1) is 9.14. The van der Waals surface area contributed by atoms with E-state index in [0.717, 1.165) is 19.3 Å². The van der Waals surface area contributed by atoms with E-state index in [2.05, 4.69) is 48.7 Å². The van der Waals surface area contributed by atoms with Crippen molar-refractivity contribution in [3.63, 3.8) is 0 Å². The van der Waals surface area contributed by atoms with Crippen molar-refractivity contribution in [2.75, 3.05) is 0 Å². The van der Waals surface area contributed by atoms with Gasteiger partial charge in [-0.3, -0.25) is 0 Å². The number of aryl methyl sites for hydroxylation is 1. The van der Waals surface area contributed by atoms with E-state index in [0.29, 0.717) is 6.42 Å². The molecule has 0 unspecified atom stereocenters. The lowest BCUT2D eigenvalue weighted by atomic mass is 9.82. The van der Waals surface area contributed by atoms with Gasteiger partial charge < -0.3 is 9.67 Å². The average Bonchev–Trinajstić information content (AvgIpc) is 2.94. The van der Waals surface area contributed by atoms with Crippen LogP contribution in [0.4, 0.5) is 0 Å². The van der Waals surface area contributed by atoms with E-state index in [1.54, 1.807) is 0 Å². The molecule has 1 N–H and O–H groups in total. The molecule has 0 aliphatic heterocycles. The highest BCUT2D eigenvalue weighted by atomic mass is 16.3. The predicted octanol–water partition coefficient (Wildman–Crippen LogP) is 3.75. The van der Waals surface area contributed by atoms with Gasteiger partial charge in [-0.2, -0.15) is 0 Å². The van der Waals surface area contributed by atoms with Gasteiger partial charge in [0.05, 0.1) is 5.60 Å². The molecule has 100 valence electrons. The molecule has 2 aromatic rings. The SMILES string of the molecule is C=CC[C@@]1(O)CCC[C@@H]1c1ccc2c(ccn2C)c1. The summed E-state index contributed by atoms with van der Waals surface area (Å²) in [6, 6.07) is 8.71. The molecule has 0 radical (unpaired) electrons. The second kappa shape index (κ2) is 4.53. The molecule has 1 aliphatic carbocycles. The van der Waals surface area contributed by atoms with E-state index in [9.17, 15) is 5.11 Å². The summed E-state index contributed by atoms with van der Waals surface area (Å²) in [5.41, 5.74) is 1.92. The van der Waals surface area contributed by atoms with Crippen LogP contribution in [0.5, 0.6) is 0 Å². The summed E-state index contributed by atoms with van der Waals surface area (Å²) < 4.78 is 2.13. The molecule has 0 amide bonds. The minimum atomic E-state index is -0.593. The Morgan fingerprint density at radius 2 is 2.32 bits per heavy atom. The lowest BCUT2D eigenvalue weighted by molar-refractivity contribution is 0.0331. The smallest absolute Gasteiger partial charge is 0.0750 e. The molecule has 1 aromatic carbocycles. The number of benzene rings is 1. The zero-order valence-electron chi connectivity index (χ0n) is 11.5. The number of hydrogen-bond donors (Lipinski definition) is 1. The first-order valence-corrected chi connectivity index (χ1v) is 7.02. The number of rotatable bonds is 3. The molecule has 3 rings (SSSR count). The number of fused-ring (bicyclic) bond motifs is 1. The van der Waals surface area contributed by atoms with Gasteiger partial charge in [0.25, 0.3) is 0 Å². The Morgan fingerprint density at radius 1 is 1.47 bits per heavy atom. The first kappa shape index (κ1) is 12.5. The summed E-state index contributed by atoms with van der Waals surface area (Å²) in [5.74, 6) is 0.245. The topological polar surface area (TPSA) is 25.2 Å². The van der Waals surface area contributed by atoms with Crippen molar-refractivity contribution >= 4 is 10.9 Å². The highest BCUT2D eigenvalue weighted by molar-refractivity contribution is 5.81. The quantitative estimate of drug-likeness (QED) is 0.830. The number of nitrogens with zero attached hydrogens (tertiary/aromatic N) is 1. The zero-order chi connectivity index (χ0) is 13.5. The van der Waals surface area contributed by atoms with Crippen LogP contribution < -0.4 is 0 Å². The Hall–Kier alpha value is -1.54. The lowest BCUT2D eigenvalue weighted by Gasteiger charge is -2.29. The molecule has 1 aromatic heterocycles. The van der Waals surface area contributed by atoms with Crippen molar-refractivity contribution in [3.05, 3.63) is 48.7 Å². The molecule has 1 aliphatic rings. The average molecular weight is 255 g/mol. The Labute approximate surface area is 114 Å². The molecule has 0 spiro atoms. The second-order valence-electron chi connectivity index (χ2n) is 5.79. The molecule has 0 saturated heterocycles. The normalized spacial score (nSPS) is 26.9. The van der Waals surface area contributed by atoms with Crippen molar-refractivity contribution in [3.8, 4) is 0 Å². The van der Waals surface area contributed by atoms with E-state index < -0.39 is 5.60 Å². The van der Waals surface area contributed by atoms with Gasteiger partial charge in [0.1, 0.15) is 0 Å². The van der Waals surface area contributed by atoms with E-state index >= 15 is 0 Å². The van der Waals surface area contributed by atoms with Crippen molar-refractivity contribution in [2.45, 2.75) is 37.2 Å². The van der Waals surface area contributed by atoms with Gasteiger partial charge >= 0.3 is 0 Å². The van der Waals surface area contributed by atoms with Crippen molar-refractivity contribution < 1.29 is 5.11 Å². The third kappa shape index (κ3) is 2.00. The molecule has 2 heteroatoms. The van der Waals surface area contributed by atoms with Gasteiger partial charge in [0, 0.05) is 24.7 Å². The Balaban J connectivity index is 2.01. The summed E-state index contributed by atoms with van der Waals surface area (Å²) in [5, 5.41) is 12.1. The molecule has 1 fully saturated rings. The summed E-state index contributed by atoms with van der Waals surface area (Å²) in [6.07, 6.45) is 7.67. The Bertz CT molecular complexity index is 613. The molecular formula is C17H21NO. The highest BCUT2D eigenvalue weighted by Gasteiger charge is 2.40. The maximum Gasteiger partial charge on any atom is 0.0750 e. The summed E-state index contributed by atoms with van der Waals surface area (Å²) in [7, 11) is 2.06. The van der Waals surface area contributed by atoms with E-state index in [-0.39, 0.29) is 5.92 Å². The molecule has 2 nitrogen and oxygen atoms in total. The van der Waals surface area contributed by atoms with Crippen LogP contribution in [-0.2, 0) is 7.05 Å². The maximum atomic E-state index is 10.8. The van der Waals surface area contributed by atoms with Crippen LogP contribution in [0.25, 0.3) is 10.9 Å². The Morgan fingerprint density at radius 3 is 3.11 bits per heavy atom. The number of aliphatic hydroxyl groups is 1. The van der Waals surface area contributed by atoms with Crippen molar-refractivity contribution in [2.24, 2.45) is 7.05 Å². The zero-order valence-corrected chi connectivity index (χ0v) is 11.5. The summed E-state index contributed by atoms with van der Waals surface area (Å²) in [4.78, 5) is 0. The van der Waals surface area contributed by atoms with Gasteiger partial charge in [-0.1, -0.05) is 12.1 Å². The van der Waals surface area contributed by atoms with Gasteiger partial charge in [0.15, 0.2) is 0 Å². The van der Waals surface area contributed by atoms with Crippen molar-refractivity contribution in [1.29, 1.82) is 0 Å². The summed E-state index contributed by atoms with van der Waals surface area (Å²) in [6.45, 7) is 3.79. The van der Waals surface area contributed by atoms with Gasteiger partial charge in [-0.15, -0.1) is 6.58 Å². The number of aromatic nitrogens is 1. The molecule has 1 saturated carbocycles. The van der Waals surface area contributed by atoms with Crippen molar-refractivity contribution in [1.82, 2.24) is 4.57 Å². The third-order valence-electron chi connectivity index (χ3n) is 4.56. The highest BCUT2D eigenvalue weighted by Crippen LogP contribution is 2.45. The van der Waals surface area contributed by atoms with Crippen LogP contribution in [0.3, 0.4) is 0 Å². The van der Waals surface area contributed by atoms with E-state index in [1.807, 2.05) is 6.08 Å². The molecule has 2 atom stereocenters. The van der Waals surface area contributed by atoms with Crippen LogP contribution in [0.15, 0.2) is 43.1 Å². The third-order valence-corrected chi connectivity index (χ3v) is 4.56. The standard InChI is InChI=1S/C17H21NO/c1-3-9-17(19)10-4-5-15(17)13-6-7-16-14(12-13)8-11-18(16)2/h3,6-8,11-12,15,19H,1,4-5,9-10H2,2H3/t15-,17-/m1/s1. The first-order valence-electron chi connectivity index (χ1n) is 7.02. The minimum Gasteiger partial charge on any atom is -0.389 e. The van der Waals surface area contributed by atoms with Crippen LogP contribution >= 0.6 is 0 Å². The monoisotopic (exact) mass is 255 g/mol. The molecular weight excluding hydrogens is 234 g/mol. The Kier molecular flexibility index (Phi) is 2.98. The van der Waals surface area contributed by atoms with E-state index in [1.165, 1.54) is 16.5 Å². The largest absolute Gasteiger partial charge is 0.389 e. The van der Waals surface area contributed by atoms with Crippen LogP contribution in [0.2, 0.25) is 0 Å². The fourth-order valence-electron chi connectivity index (χ4n) is 3.54. The molecule has 19 heavy (non-hydrogen) atoms. The lowest BCUT2D eigenvalue weighted by Crippen LogP contribution is -2.30. The fourth-order valence-corrected chi connectivity index (χ4v) is 3.54. The number of hydrogen-bond acceptors (Lipinski definition) is 1. The second-order valence-corrected chi connectivity index (χ2v) is 5.79. The maximum absolute atomic E-state index is 10.8. The minimum absolute atomic E-state index is 0.245.